The predicted molar refractivity (Wildman–Crippen MR) is 25.0 cm³/mol. The number of hydrogen-bond acceptors (Lipinski definition) is 2. The van der Waals surface area contributed by atoms with Gasteiger partial charge < -0.3 is 27.4 Å². The van der Waals surface area contributed by atoms with Gasteiger partial charge in [0.25, 0.3) is 0 Å². The van der Waals surface area contributed by atoms with E-state index in [1.54, 1.807) is 0 Å². The van der Waals surface area contributed by atoms with Gasteiger partial charge in [-0.25, -0.2) is 0 Å². The summed E-state index contributed by atoms with van der Waals surface area (Å²) in [4.78, 5) is 0. The molecule has 2 N–H and O–H groups in total. The Bertz CT molecular complexity index is 40.4. The van der Waals surface area contributed by atoms with E-state index in [0.717, 1.165) is 0 Å². The minimum atomic E-state index is -1.42. The quantitative estimate of drug-likeness (QED) is 0.383. The molecule has 0 saturated heterocycles. The number of rotatable bonds is 0. The monoisotopic (exact) mass is 242 g/mol. The van der Waals surface area contributed by atoms with Crippen LogP contribution < -0.4 is 59.1 Å². The van der Waals surface area contributed by atoms with Crippen LogP contribution in [0.5, 0.6) is 0 Å². The topological polar surface area (TPSA) is 180 Å². The van der Waals surface area contributed by atoms with Gasteiger partial charge in [0.15, 0.2) is 0 Å². The fourth-order valence-corrected chi connectivity index (χ4v) is 0. The van der Waals surface area contributed by atoms with Crippen molar-refractivity contribution in [1.29, 1.82) is 0 Å². The Hall–Kier alpha value is 2.68. The normalized spacial score (nSPS) is 0.667. The molecule has 0 fully saturated rings. The van der Waals surface area contributed by atoms with Crippen molar-refractivity contribution < 1.29 is 95.4 Å². The van der Waals surface area contributed by atoms with Crippen LogP contribution in [-0.4, -0.2) is 49.5 Å². The minimum absolute atomic E-state index is 0. The SMILES string of the molecule is O.O=[Si]=O.[Al+3].[Al+3].[Na+].[Na+].[O-2].[O-2].[O-2].[O-2]. The van der Waals surface area contributed by atoms with E-state index in [2.05, 4.69) is 0 Å². The molecule has 0 bridgehead atoms. The molecule has 0 unspecified atom stereocenters. The molecule has 0 aliphatic carbocycles. The van der Waals surface area contributed by atoms with E-state index in [9.17, 15) is 0 Å². The molecule has 0 heterocycles. The molecule has 0 aliphatic rings. The van der Waals surface area contributed by atoms with Crippen molar-refractivity contribution >= 4 is 44.0 Å². The van der Waals surface area contributed by atoms with Crippen molar-refractivity contribution in [3.63, 3.8) is 0 Å². The van der Waals surface area contributed by atoms with Crippen LogP contribution in [0.4, 0.5) is 0 Å². The van der Waals surface area contributed by atoms with Gasteiger partial charge in [0, 0.05) is 0 Å². The zero-order valence-electron chi connectivity index (χ0n) is 6.60. The van der Waals surface area contributed by atoms with Crippen LogP contribution in [0.25, 0.3) is 0 Å². The summed E-state index contributed by atoms with van der Waals surface area (Å²) < 4.78 is 16.8. The van der Waals surface area contributed by atoms with Crippen LogP contribution in [0.3, 0.4) is 0 Å². The van der Waals surface area contributed by atoms with E-state index in [1.807, 2.05) is 0 Å². The van der Waals surface area contributed by atoms with Crippen molar-refractivity contribution in [3.05, 3.63) is 0 Å². The fourth-order valence-electron chi connectivity index (χ4n) is 0. The van der Waals surface area contributed by atoms with Crippen molar-refractivity contribution in [2.75, 3.05) is 0 Å². The standard InChI is InChI=1S/2Al.2Na.O2Si.H2O.4O/c;;;;1-3-2;;;;;/h;;;;;1H2;;;;/q2*+3;2*+1;;;4*-2. The van der Waals surface area contributed by atoms with Gasteiger partial charge in [-0.05, 0) is 0 Å². The van der Waals surface area contributed by atoms with Crippen LogP contribution >= 0.6 is 0 Å². The smallest absolute Gasteiger partial charge is 2.00 e. The fraction of sp³-hybridized carbons (Fsp3) is 0. The van der Waals surface area contributed by atoms with E-state index in [0.29, 0.717) is 0 Å². The molecule has 0 amide bonds. The first kappa shape index (κ1) is 125. The molecular weight excluding hydrogens is 240 g/mol. The third kappa shape index (κ3) is 241. The summed E-state index contributed by atoms with van der Waals surface area (Å²) in [7, 11) is -1.42. The molecule has 0 spiro atoms. The molecule has 0 rings (SSSR count). The maximum Gasteiger partial charge on any atom is 3.00 e. The zero-order valence-corrected chi connectivity index (χ0v) is 13.9. The maximum absolute atomic E-state index is 8.40. The Morgan fingerprint density at radius 2 is 0.667 bits per heavy atom. The second kappa shape index (κ2) is 162. The third-order valence-corrected chi connectivity index (χ3v) is 0. The van der Waals surface area contributed by atoms with Crippen LogP contribution in [0.2, 0.25) is 0 Å². The van der Waals surface area contributed by atoms with Gasteiger partial charge in [-0.1, -0.05) is 0 Å². The van der Waals surface area contributed by atoms with E-state index in [4.69, 9.17) is 8.92 Å². The first-order chi connectivity index (χ1) is 1.41. The summed E-state index contributed by atoms with van der Waals surface area (Å²) in [5, 5.41) is 0. The van der Waals surface area contributed by atoms with Gasteiger partial charge in [-0.2, -0.15) is 0 Å². The van der Waals surface area contributed by atoms with Crippen LogP contribution in [0.1, 0.15) is 0 Å². The molecule has 0 atom stereocenters. The van der Waals surface area contributed by atoms with Crippen LogP contribution in [-0.2, 0) is 30.8 Å². The molecule has 0 saturated carbocycles. The van der Waals surface area contributed by atoms with Crippen molar-refractivity contribution in [2.45, 2.75) is 0 Å². The average Bonchev–Trinajstić information content (AvgIpc) is 0.918. The van der Waals surface area contributed by atoms with Crippen LogP contribution in [0.15, 0.2) is 0 Å². The molecule has 0 aromatic carbocycles. The summed E-state index contributed by atoms with van der Waals surface area (Å²) in [5.74, 6) is 0. The van der Waals surface area contributed by atoms with Gasteiger partial charge in [0.2, 0.25) is 0 Å². The summed E-state index contributed by atoms with van der Waals surface area (Å²) in [5.41, 5.74) is 0. The molecule has 0 aliphatic heterocycles. The Morgan fingerprint density at radius 1 is 0.667 bits per heavy atom. The van der Waals surface area contributed by atoms with Gasteiger partial charge >= 0.3 is 103 Å². The maximum atomic E-state index is 8.40. The summed E-state index contributed by atoms with van der Waals surface area (Å²) in [6, 6.07) is 0. The Balaban J connectivity index is -0.000000000556. The average molecular weight is 242 g/mol. The molecule has 0 radical (unpaired) electrons. The molecular formula is H2Al2Na2O7Si. The van der Waals surface area contributed by atoms with E-state index >= 15 is 0 Å². The van der Waals surface area contributed by atoms with Gasteiger partial charge in [0.05, 0.1) is 0 Å². The Labute approximate surface area is 137 Å². The number of hydrogen-bond donors (Lipinski definition) is 0. The largest absolute Gasteiger partial charge is 3.00 e. The minimum Gasteiger partial charge on any atom is -2.00 e. The van der Waals surface area contributed by atoms with Crippen molar-refractivity contribution in [1.82, 2.24) is 0 Å². The summed E-state index contributed by atoms with van der Waals surface area (Å²) >= 11 is 0. The van der Waals surface area contributed by atoms with Gasteiger partial charge in [-0.3, -0.25) is 8.92 Å². The second-order valence-corrected chi connectivity index (χ2v) is 0.250. The Morgan fingerprint density at radius 3 is 0.667 bits per heavy atom. The molecule has 12 heavy (non-hydrogen) atoms. The molecule has 12 heteroatoms. The molecule has 0 aromatic rings. The second-order valence-electron chi connectivity index (χ2n) is 0.0833. The zero-order chi connectivity index (χ0) is 2.71. The van der Waals surface area contributed by atoms with Gasteiger partial charge in [-0.15, -0.1) is 0 Å². The predicted octanol–water partition coefficient (Wildman–Crippen LogP) is -8.67. The van der Waals surface area contributed by atoms with Gasteiger partial charge in [0.1, 0.15) is 0 Å². The molecule has 7 nitrogen and oxygen atoms in total. The summed E-state index contributed by atoms with van der Waals surface area (Å²) in [6.45, 7) is 0. The molecule has 56 valence electrons. The third-order valence-electron chi connectivity index (χ3n) is 0. The van der Waals surface area contributed by atoms with E-state index in [-0.39, 0.29) is 121 Å². The molecule has 0 aromatic heterocycles. The van der Waals surface area contributed by atoms with Crippen molar-refractivity contribution in [2.24, 2.45) is 0 Å². The van der Waals surface area contributed by atoms with E-state index < -0.39 is 9.29 Å². The summed E-state index contributed by atoms with van der Waals surface area (Å²) in [6.07, 6.45) is 0. The van der Waals surface area contributed by atoms with Crippen molar-refractivity contribution in [3.8, 4) is 0 Å². The first-order valence-corrected chi connectivity index (χ1v) is 1.22. The van der Waals surface area contributed by atoms with E-state index in [1.165, 1.54) is 0 Å². The first-order valence-electron chi connectivity index (χ1n) is 0.408. The Kier molecular flexibility index (Phi) is 1700. The van der Waals surface area contributed by atoms with Crippen LogP contribution in [0, 0.1) is 0 Å².